The van der Waals surface area contributed by atoms with Gasteiger partial charge >= 0.3 is 6.18 Å². The van der Waals surface area contributed by atoms with Gasteiger partial charge in [0.1, 0.15) is 17.7 Å². The van der Waals surface area contributed by atoms with Crippen LogP contribution in [0.15, 0.2) is 42.0 Å². The summed E-state index contributed by atoms with van der Waals surface area (Å²) in [6.45, 7) is 0. The van der Waals surface area contributed by atoms with Gasteiger partial charge in [0.25, 0.3) is 5.56 Å². The Morgan fingerprint density at radius 2 is 1.84 bits per heavy atom. The third-order valence-electron chi connectivity index (χ3n) is 3.78. The molecule has 0 amide bonds. The first-order chi connectivity index (χ1) is 11.9. The van der Waals surface area contributed by atoms with Crippen molar-refractivity contribution in [3.8, 4) is 5.69 Å². The first kappa shape index (κ1) is 15.2. The van der Waals surface area contributed by atoms with Gasteiger partial charge in [0.05, 0.1) is 29.9 Å². The molecular formula is C15H9F3N6O. The van der Waals surface area contributed by atoms with E-state index in [1.165, 1.54) is 31.1 Å². The summed E-state index contributed by atoms with van der Waals surface area (Å²) in [5.74, 6) is 0. The van der Waals surface area contributed by atoms with Crippen LogP contribution < -0.4 is 5.56 Å². The van der Waals surface area contributed by atoms with Gasteiger partial charge < -0.3 is 4.57 Å². The number of hydrogen-bond acceptors (Lipinski definition) is 5. The van der Waals surface area contributed by atoms with E-state index in [9.17, 15) is 18.0 Å². The molecule has 0 radical (unpaired) electrons. The maximum absolute atomic E-state index is 13.1. The van der Waals surface area contributed by atoms with Crippen molar-refractivity contribution in [1.29, 1.82) is 0 Å². The predicted molar refractivity (Wildman–Crippen MR) is 82.2 cm³/mol. The van der Waals surface area contributed by atoms with Crippen LogP contribution in [0.3, 0.4) is 0 Å². The summed E-state index contributed by atoms with van der Waals surface area (Å²) in [5.41, 5.74) is -1.08. The van der Waals surface area contributed by atoms with Crippen molar-refractivity contribution in [3.63, 3.8) is 0 Å². The molecule has 4 aromatic heterocycles. The number of pyridine rings is 2. The van der Waals surface area contributed by atoms with Crippen LogP contribution in [0.1, 0.15) is 5.69 Å². The van der Waals surface area contributed by atoms with E-state index >= 15 is 0 Å². The first-order valence-electron chi connectivity index (χ1n) is 7.07. The van der Waals surface area contributed by atoms with Crippen LogP contribution in [-0.4, -0.2) is 29.1 Å². The second-order valence-electron chi connectivity index (χ2n) is 5.36. The average Bonchev–Trinajstić information content (AvgIpc) is 2.97. The first-order valence-corrected chi connectivity index (χ1v) is 7.07. The van der Waals surface area contributed by atoms with Crippen molar-refractivity contribution in [2.75, 3.05) is 0 Å². The van der Waals surface area contributed by atoms with Crippen molar-refractivity contribution in [2.45, 2.75) is 6.18 Å². The molecule has 4 aromatic rings. The number of halogens is 3. The summed E-state index contributed by atoms with van der Waals surface area (Å²) in [4.78, 5) is 28.2. The van der Waals surface area contributed by atoms with Crippen LogP contribution >= 0.6 is 0 Å². The summed E-state index contributed by atoms with van der Waals surface area (Å²) >= 11 is 0. The number of alkyl halides is 3. The van der Waals surface area contributed by atoms with Gasteiger partial charge in [-0.2, -0.15) is 13.2 Å². The topological polar surface area (TPSA) is 78.5 Å². The Bertz CT molecular complexity index is 1160. The zero-order chi connectivity index (χ0) is 17.8. The quantitative estimate of drug-likeness (QED) is 0.527. The molecule has 7 nitrogen and oxygen atoms in total. The van der Waals surface area contributed by atoms with E-state index in [0.717, 1.165) is 10.6 Å². The van der Waals surface area contributed by atoms with Crippen molar-refractivity contribution >= 4 is 22.1 Å². The highest BCUT2D eigenvalue weighted by Crippen LogP contribution is 2.30. The number of fused-ring (bicyclic) bond motifs is 3. The molecule has 0 aliphatic carbocycles. The molecule has 0 aliphatic heterocycles. The normalized spacial score (nSPS) is 12.2. The van der Waals surface area contributed by atoms with Gasteiger partial charge in [-0.3, -0.25) is 9.36 Å². The highest BCUT2D eigenvalue weighted by molar-refractivity contribution is 6.01. The van der Waals surface area contributed by atoms with E-state index in [1.54, 1.807) is 11.6 Å². The minimum atomic E-state index is -4.64. The Labute approximate surface area is 137 Å². The number of aryl methyl sites for hydroxylation is 1. The van der Waals surface area contributed by atoms with Crippen LogP contribution in [-0.2, 0) is 13.2 Å². The second-order valence-corrected chi connectivity index (χ2v) is 5.36. The van der Waals surface area contributed by atoms with Crippen LogP contribution in [0, 0.1) is 0 Å². The fourth-order valence-corrected chi connectivity index (χ4v) is 2.71. The third kappa shape index (κ3) is 2.25. The molecule has 0 unspecified atom stereocenters. The van der Waals surface area contributed by atoms with Gasteiger partial charge in [-0.15, -0.1) is 0 Å². The fraction of sp³-hybridized carbons (Fsp3) is 0.133. The zero-order valence-corrected chi connectivity index (χ0v) is 12.7. The lowest BCUT2D eigenvalue weighted by atomic mass is 10.2. The summed E-state index contributed by atoms with van der Waals surface area (Å²) in [6, 6.07) is 2.17. The second kappa shape index (κ2) is 5.10. The van der Waals surface area contributed by atoms with Gasteiger partial charge in [0.2, 0.25) is 0 Å². The molecule has 0 saturated heterocycles. The van der Waals surface area contributed by atoms with Crippen LogP contribution in [0.5, 0.6) is 0 Å². The SMILES string of the molecule is Cn1cnc2c(=O)n(-c3cncnc3)c3nc(C(F)(F)F)ccc3c21. The molecule has 0 atom stereocenters. The maximum Gasteiger partial charge on any atom is 0.433 e. The molecule has 0 spiro atoms. The number of rotatable bonds is 1. The van der Waals surface area contributed by atoms with Gasteiger partial charge in [0, 0.05) is 12.4 Å². The molecule has 0 saturated carbocycles. The Morgan fingerprint density at radius 3 is 2.52 bits per heavy atom. The van der Waals surface area contributed by atoms with E-state index in [0.29, 0.717) is 10.9 Å². The molecule has 10 heteroatoms. The molecule has 0 aliphatic rings. The highest BCUT2D eigenvalue weighted by Gasteiger charge is 2.33. The zero-order valence-electron chi connectivity index (χ0n) is 12.7. The van der Waals surface area contributed by atoms with E-state index in [4.69, 9.17) is 0 Å². The molecule has 4 heterocycles. The van der Waals surface area contributed by atoms with Gasteiger partial charge in [-0.1, -0.05) is 0 Å². The predicted octanol–water partition coefficient (Wildman–Crippen LogP) is 2.08. The van der Waals surface area contributed by atoms with Crippen LogP contribution in [0.25, 0.3) is 27.8 Å². The van der Waals surface area contributed by atoms with Gasteiger partial charge in [-0.05, 0) is 12.1 Å². The van der Waals surface area contributed by atoms with Crippen molar-refractivity contribution < 1.29 is 13.2 Å². The Morgan fingerprint density at radius 1 is 1.12 bits per heavy atom. The smallest absolute Gasteiger partial charge is 0.333 e. The monoisotopic (exact) mass is 346 g/mol. The average molecular weight is 346 g/mol. The maximum atomic E-state index is 13.1. The standard InChI is InChI=1S/C15H9F3N6O/c1-23-7-21-11-12(23)9-2-3-10(15(16,17)18)22-13(9)24(14(11)25)8-4-19-6-20-5-8/h2-7H,1H3. The summed E-state index contributed by atoms with van der Waals surface area (Å²) in [6.07, 6.45) is 0.693. The van der Waals surface area contributed by atoms with Crippen molar-refractivity contribution in [1.82, 2.24) is 29.1 Å². The Kier molecular flexibility index (Phi) is 3.11. The highest BCUT2D eigenvalue weighted by atomic mass is 19.4. The fourth-order valence-electron chi connectivity index (χ4n) is 2.71. The molecule has 25 heavy (non-hydrogen) atoms. The molecule has 0 bridgehead atoms. The third-order valence-corrected chi connectivity index (χ3v) is 3.78. The molecule has 0 aromatic carbocycles. The summed E-state index contributed by atoms with van der Waals surface area (Å²) < 4.78 is 41.9. The lowest BCUT2D eigenvalue weighted by Crippen LogP contribution is -2.22. The number of nitrogens with zero attached hydrogens (tertiary/aromatic N) is 6. The minimum Gasteiger partial charge on any atom is -0.333 e. The van der Waals surface area contributed by atoms with Crippen molar-refractivity contribution in [2.24, 2.45) is 7.05 Å². The van der Waals surface area contributed by atoms with E-state index in [1.807, 2.05) is 0 Å². The molecular weight excluding hydrogens is 337 g/mol. The van der Waals surface area contributed by atoms with Crippen LogP contribution in [0.4, 0.5) is 13.2 Å². The lowest BCUT2D eigenvalue weighted by molar-refractivity contribution is -0.141. The van der Waals surface area contributed by atoms with Gasteiger partial charge in [-0.25, -0.2) is 19.9 Å². The summed E-state index contributed by atoms with van der Waals surface area (Å²) in [7, 11) is 1.65. The number of imidazole rings is 1. The molecule has 0 N–H and O–H groups in total. The van der Waals surface area contributed by atoms with E-state index in [2.05, 4.69) is 19.9 Å². The Balaban J connectivity index is 2.24. The largest absolute Gasteiger partial charge is 0.433 e. The molecule has 0 fully saturated rings. The molecule has 126 valence electrons. The minimum absolute atomic E-state index is 0.125. The molecule has 4 rings (SSSR count). The Hall–Kier alpha value is -3.30. The van der Waals surface area contributed by atoms with E-state index < -0.39 is 17.4 Å². The lowest BCUT2D eigenvalue weighted by Gasteiger charge is -2.12. The number of aromatic nitrogens is 6. The van der Waals surface area contributed by atoms with Crippen LogP contribution in [0.2, 0.25) is 0 Å². The number of hydrogen-bond donors (Lipinski definition) is 0. The summed E-state index contributed by atoms with van der Waals surface area (Å²) in [5, 5.41) is 0.367. The van der Waals surface area contributed by atoms with E-state index in [-0.39, 0.29) is 16.9 Å². The van der Waals surface area contributed by atoms with Crippen molar-refractivity contribution in [3.05, 3.63) is 53.2 Å². The van der Waals surface area contributed by atoms with Gasteiger partial charge in [0.15, 0.2) is 5.52 Å².